The number of fused-ring (bicyclic) bond motifs is 1. The standard InChI is InChI=1S/C12H9FN2O2S/c1-6-12(18-15-14-6)10(16)9-5-7-3-2-4-8(13)11(7)17-9/h2-5,10,16H,1H3. The molecule has 3 aromatic rings. The van der Waals surface area contributed by atoms with Crippen LogP contribution in [-0.4, -0.2) is 14.7 Å². The molecule has 0 fully saturated rings. The van der Waals surface area contributed by atoms with Gasteiger partial charge in [-0.2, -0.15) is 0 Å². The van der Waals surface area contributed by atoms with Crippen molar-refractivity contribution in [2.45, 2.75) is 13.0 Å². The molecule has 0 aliphatic heterocycles. The van der Waals surface area contributed by atoms with Gasteiger partial charge in [-0.25, -0.2) is 4.39 Å². The average molecular weight is 264 g/mol. The number of furan rings is 1. The van der Waals surface area contributed by atoms with Crippen LogP contribution < -0.4 is 0 Å². The predicted octanol–water partition coefficient (Wildman–Crippen LogP) is 2.81. The van der Waals surface area contributed by atoms with Crippen LogP contribution in [0.3, 0.4) is 0 Å². The van der Waals surface area contributed by atoms with Crippen LogP contribution in [-0.2, 0) is 0 Å². The largest absolute Gasteiger partial charge is 0.455 e. The second kappa shape index (κ2) is 4.15. The number of para-hydroxylation sites is 1. The van der Waals surface area contributed by atoms with Gasteiger partial charge in [-0.15, -0.1) is 5.10 Å². The van der Waals surface area contributed by atoms with E-state index in [2.05, 4.69) is 9.59 Å². The molecular weight excluding hydrogens is 255 g/mol. The highest BCUT2D eigenvalue weighted by Crippen LogP contribution is 2.31. The van der Waals surface area contributed by atoms with Crippen molar-refractivity contribution in [3.8, 4) is 0 Å². The highest BCUT2D eigenvalue weighted by atomic mass is 32.1. The zero-order chi connectivity index (χ0) is 12.7. The summed E-state index contributed by atoms with van der Waals surface area (Å²) in [7, 11) is 0. The van der Waals surface area contributed by atoms with E-state index in [1.165, 1.54) is 6.07 Å². The fraction of sp³-hybridized carbons (Fsp3) is 0.167. The molecule has 92 valence electrons. The van der Waals surface area contributed by atoms with Crippen LogP contribution in [0.25, 0.3) is 11.0 Å². The Morgan fingerprint density at radius 2 is 2.28 bits per heavy atom. The summed E-state index contributed by atoms with van der Waals surface area (Å²) >= 11 is 1.10. The molecule has 0 amide bonds. The monoisotopic (exact) mass is 264 g/mol. The summed E-state index contributed by atoms with van der Waals surface area (Å²) in [6.07, 6.45) is -0.961. The smallest absolute Gasteiger partial charge is 0.170 e. The van der Waals surface area contributed by atoms with E-state index in [4.69, 9.17) is 4.42 Å². The molecule has 0 radical (unpaired) electrons. The molecule has 4 nitrogen and oxygen atoms in total. The lowest BCUT2D eigenvalue weighted by molar-refractivity contribution is 0.194. The lowest BCUT2D eigenvalue weighted by atomic mass is 10.2. The van der Waals surface area contributed by atoms with Crippen molar-refractivity contribution >= 4 is 22.5 Å². The van der Waals surface area contributed by atoms with E-state index in [0.29, 0.717) is 21.7 Å². The Labute approximate surface area is 106 Å². The molecule has 0 spiro atoms. The zero-order valence-electron chi connectivity index (χ0n) is 9.42. The maximum atomic E-state index is 13.5. The van der Waals surface area contributed by atoms with Gasteiger partial charge >= 0.3 is 0 Å². The van der Waals surface area contributed by atoms with Crippen molar-refractivity contribution in [2.75, 3.05) is 0 Å². The molecule has 0 saturated heterocycles. The average Bonchev–Trinajstić information content (AvgIpc) is 2.95. The topological polar surface area (TPSA) is 59.2 Å². The van der Waals surface area contributed by atoms with Crippen LogP contribution >= 0.6 is 11.5 Å². The van der Waals surface area contributed by atoms with Crippen molar-refractivity contribution in [3.05, 3.63) is 46.4 Å². The van der Waals surface area contributed by atoms with Gasteiger partial charge in [-0.1, -0.05) is 16.6 Å². The number of benzene rings is 1. The third-order valence-electron chi connectivity index (χ3n) is 2.72. The molecule has 1 atom stereocenters. The van der Waals surface area contributed by atoms with Gasteiger partial charge in [0.25, 0.3) is 0 Å². The van der Waals surface area contributed by atoms with Gasteiger partial charge in [-0.05, 0) is 30.6 Å². The van der Waals surface area contributed by atoms with E-state index < -0.39 is 11.9 Å². The number of nitrogens with zero attached hydrogens (tertiary/aromatic N) is 2. The molecular formula is C12H9FN2O2S. The molecule has 1 N–H and O–H groups in total. The van der Waals surface area contributed by atoms with Crippen LogP contribution in [0.1, 0.15) is 22.4 Å². The fourth-order valence-corrected chi connectivity index (χ4v) is 2.44. The van der Waals surface area contributed by atoms with Crippen LogP contribution in [0.4, 0.5) is 4.39 Å². The van der Waals surface area contributed by atoms with Gasteiger partial charge in [-0.3, -0.25) is 0 Å². The first-order valence-corrected chi connectivity index (χ1v) is 6.09. The van der Waals surface area contributed by atoms with E-state index in [1.54, 1.807) is 25.1 Å². The summed E-state index contributed by atoms with van der Waals surface area (Å²) in [5, 5.41) is 14.6. The molecule has 3 rings (SSSR count). The molecule has 2 heterocycles. The second-order valence-corrected chi connectivity index (χ2v) is 4.72. The van der Waals surface area contributed by atoms with E-state index in [0.717, 1.165) is 11.5 Å². The Morgan fingerprint density at radius 1 is 1.44 bits per heavy atom. The van der Waals surface area contributed by atoms with Crippen molar-refractivity contribution in [1.82, 2.24) is 9.59 Å². The first kappa shape index (κ1) is 11.3. The molecule has 18 heavy (non-hydrogen) atoms. The van der Waals surface area contributed by atoms with Gasteiger partial charge in [0.1, 0.15) is 11.9 Å². The maximum absolute atomic E-state index is 13.5. The van der Waals surface area contributed by atoms with Gasteiger partial charge < -0.3 is 9.52 Å². The Balaban J connectivity index is 2.10. The molecule has 2 aromatic heterocycles. The number of aliphatic hydroxyl groups is 1. The summed E-state index contributed by atoms with van der Waals surface area (Å²) < 4.78 is 22.6. The quantitative estimate of drug-likeness (QED) is 0.773. The number of aliphatic hydroxyl groups excluding tert-OH is 1. The minimum atomic E-state index is -0.961. The Kier molecular flexibility index (Phi) is 2.61. The van der Waals surface area contributed by atoms with E-state index in [9.17, 15) is 9.50 Å². The maximum Gasteiger partial charge on any atom is 0.170 e. The van der Waals surface area contributed by atoms with Crippen molar-refractivity contribution in [3.63, 3.8) is 0 Å². The van der Waals surface area contributed by atoms with E-state index >= 15 is 0 Å². The number of hydrogen-bond acceptors (Lipinski definition) is 5. The molecule has 6 heteroatoms. The minimum Gasteiger partial charge on any atom is -0.455 e. The third kappa shape index (κ3) is 1.70. The summed E-state index contributed by atoms with van der Waals surface area (Å²) in [6.45, 7) is 1.76. The van der Waals surface area contributed by atoms with Gasteiger partial charge in [0.15, 0.2) is 11.4 Å². The van der Waals surface area contributed by atoms with Crippen LogP contribution in [0.5, 0.6) is 0 Å². The summed E-state index contributed by atoms with van der Waals surface area (Å²) in [4.78, 5) is 0.606. The lowest BCUT2D eigenvalue weighted by Gasteiger charge is -2.03. The van der Waals surface area contributed by atoms with Gasteiger partial charge in [0, 0.05) is 5.39 Å². The summed E-state index contributed by atoms with van der Waals surface area (Å²) in [5.74, 6) is -0.144. The van der Waals surface area contributed by atoms with Crippen molar-refractivity contribution in [2.24, 2.45) is 0 Å². The first-order valence-electron chi connectivity index (χ1n) is 5.31. The number of hydrogen-bond donors (Lipinski definition) is 1. The Hall–Kier alpha value is -1.79. The summed E-state index contributed by atoms with van der Waals surface area (Å²) in [5.41, 5.74) is 0.801. The third-order valence-corrected chi connectivity index (χ3v) is 3.60. The zero-order valence-corrected chi connectivity index (χ0v) is 10.2. The second-order valence-electron chi connectivity index (χ2n) is 3.93. The molecule has 0 aliphatic carbocycles. The lowest BCUT2D eigenvalue weighted by Crippen LogP contribution is -1.97. The van der Waals surface area contributed by atoms with Crippen molar-refractivity contribution < 1.29 is 13.9 Å². The number of aromatic nitrogens is 2. The van der Waals surface area contributed by atoms with Crippen LogP contribution in [0.2, 0.25) is 0 Å². The molecule has 1 unspecified atom stereocenters. The van der Waals surface area contributed by atoms with Crippen molar-refractivity contribution in [1.29, 1.82) is 0 Å². The minimum absolute atomic E-state index is 0.154. The summed E-state index contributed by atoms with van der Waals surface area (Å²) in [6, 6.07) is 6.28. The van der Waals surface area contributed by atoms with Gasteiger partial charge in [0.05, 0.1) is 10.6 Å². The highest BCUT2D eigenvalue weighted by Gasteiger charge is 2.21. The Morgan fingerprint density at radius 3 is 2.94 bits per heavy atom. The number of aryl methyl sites for hydroxylation is 1. The molecule has 0 bridgehead atoms. The number of rotatable bonds is 2. The van der Waals surface area contributed by atoms with Crippen LogP contribution in [0, 0.1) is 12.7 Å². The first-order chi connectivity index (χ1) is 8.66. The van der Waals surface area contributed by atoms with E-state index in [-0.39, 0.29) is 5.58 Å². The normalized spacial score (nSPS) is 13.1. The van der Waals surface area contributed by atoms with Gasteiger partial charge in [0.2, 0.25) is 0 Å². The fourth-order valence-electron chi connectivity index (χ4n) is 1.80. The molecule has 0 aliphatic rings. The highest BCUT2D eigenvalue weighted by molar-refractivity contribution is 7.05. The molecule has 0 saturated carbocycles. The molecule has 1 aromatic carbocycles. The Bertz CT molecular complexity index is 707. The number of halogens is 1. The van der Waals surface area contributed by atoms with E-state index in [1.807, 2.05) is 0 Å². The SMILES string of the molecule is Cc1nnsc1C(O)c1cc2cccc(F)c2o1. The predicted molar refractivity (Wildman–Crippen MR) is 64.9 cm³/mol. The van der Waals surface area contributed by atoms with Crippen LogP contribution in [0.15, 0.2) is 28.7 Å².